The average Bonchev–Trinajstić information content (AvgIpc) is 3.03. The Labute approximate surface area is 117 Å². The summed E-state index contributed by atoms with van der Waals surface area (Å²) in [6.07, 6.45) is 0.925. The van der Waals surface area contributed by atoms with E-state index >= 15 is 0 Å². The van der Waals surface area contributed by atoms with Crippen molar-refractivity contribution in [1.29, 1.82) is 0 Å². The Morgan fingerprint density at radius 2 is 2.17 bits per heavy atom. The van der Waals surface area contributed by atoms with Crippen molar-refractivity contribution in [3.8, 4) is 10.8 Å². The van der Waals surface area contributed by atoms with Crippen LogP contribution in [0.2, 0.25) is 0 Å². The van der Waals surface area contributed by atoms with Crippen LogP contribution in [-0.4, -0.2) is 10.2 Å². The van der Waals surface area contributed by atoms with E-state index in [2.05, 4.69) is 51.3 Å². The maximum absolute atomic E-state index is 5.69. The van der Waals surface area contributed by atoms with Crippen LogP contribution < -0.4 is 0 Å². The van der Waals surface area contributed by atoms with E-state index in [0.29, 0.717) is 11.8 Å². The molecule has 18 heavy (non-hydrogen) atoms. The van der Waals surface area contributed by atoms with E-state index in [4.69, 9.17) is 4.42 Å². The first-order valence-corrected chi connectivity index (χ1v) is 7.47. The third-order valence-electron chi connectivity index (χ3n) is 2.70. The summed E-state index contributed by atoms with van der Waals surface area (Å²) in [6.45, 7) is 2.07. The highest BCUT2D eigenvalue weighted by Gasteiger charge is 2.16. The topological polar surface area (TPSA) is 38.9 Å². The molecule has 0 N–H and O–H groups in total. The van der Waals surface area contributed by atoms with Crippen LogP contribution in [0.25, 0.3) is 20.9 Å². The summed E-state index contributed by atoms with van der Waals surface area (Å²) in [6, 6.07) is 10.3. The predicted octanol–water partition coefficient (Wildman–Crippen LogP) is 4.80. The first-order chi connectivity index (χ1) is 8.78. The molecule has 1 atom stereocenters. The number of halogens is 1. The summed E-state index contributed by atoms with van der Waals surface area (Å²) in [5.74, 6) is 1.24. The predicted molar refractivity (Wildman–Crippen MR) is 77.1 cm³/mol. The number of fused-ring (bicyclic) bond motifs is 1. The Bertz CT molecular complexity index is 643. The molecule has 1 unspecified atom stereocenters. The van der Waals surface area contributed by atoms with Gasteiger partial charge < -0.3 is 4.42 Å². The van der Waals surface area contributed by atoms with Crippen LogP contribution in [-0.2, 0) is 0 Å². The van der Waals surface area contributed by atoms with Crippen LogP contribution in [0, 0.1) is 0 Å². The van der Waals surface area contributed by atoms with Gasteiger partial charge in [-0.2, -0.15) is 0 Å². The van der Waals surface area contributed by atoms with Gasteiger partial charge in [0.2, 0.25) is 5.89 Å². The fourth-order valence-electron chi connectivity index (χ4n) is 1.72. The van der Waals surface area contributed by atoms with Crippen molar-refractivity contribution < 1.29 is 4.42 Å². The van der Waals surface area contributed by atoms with Crippen LogP contribution in [0.15, 0.2) is 34.7 Å². The largest absolute Gasteiger partial charge is 0.419 e. The second kappa shape index (κ2) is 4.82. The molecule has 0 aliphatic carbocycles. The van der Waals surface area contributed by atoms with Gasteiger partial charge in [0.15, 0.2) is 0 Å². The molecule has 2 heterocycles. The van der Waals surface area contributed by atoms with Gasteiger partial charge in [-0.3, -0.25) is 0 Å². The minimum absolute atomic E-state index is 0.133. The lowest BCUT2D eigenvalue weighted by Gasteiger charge is -1.97. The standard InChI is InChI=1S/C13H11BrN2OS/c1-2-9(14)12-15-16-13(17-12)11-7-8-5-3-4-6-10(8)18-11/h3-7,9H,2H2,1H3. The van der Waals surface area contributed by atoms with Crippen LogP contribution >= 0.6 is 27.3 Å². The first kappa shape index (κ1) is 11.9. The zero-order valence-corrected chi connectivity index (χ0v) is 12.2. The van der Waals surface area contributed by atoms with Gasteiger partial charge in [0.25, 0.3) is 5.89 Å². The lowest BCUT2D eigenvalue weighted by atomic mass is 10.2. The van der Waals surface area contributed by atoms with E-state index in [1.54, 1.807) is 11.3 Å². The highest BCUT2D eigenvalue weighted by atomic mass is 79.9. The summed E-state index contributed by atoms with van der Waals surface area (Å²) >= 11 is 5.18. The summed E-state index contributed by atoms with van der Waals surface area (Å²) in [5, 5.41) is 9.40. The molecule has 3 rings (SSSR count). The van der Waals surface area contributed by atoms with Gasteiger partial charge in [0.1, 0.15) is 0 Å². The van der Waals surface area contributed by atoms with Crippen molar-refractivity contribution in [3.63, 3.8) is 0 Å². The molecule has 3 nitrogen and oxygen atoms in total. The van der Waals surface area contributed by atoms with Gasteiger partial charge >= 0.3 is 0 Å². The summed E-state index contributed by atoms with van der Waals surface area (Å²) in [5.41, 5.74) is 0. The Kier molecular flexibility index (Phi) is 3.18. The zero-order valence-electron chi connectivity index (χ0n) is 9.76. The van der Waals surface area contributed by atoms with E-state index in [1.165, 1.54) is 10.1 Å². The van der Waals surface area contributed by atoms with Crippen molar-refractivity contribution in [3.05, 3.63) is 36.2 Å². The summed E-state index contributed by atoms with van der Waals surface area (Å²) < 4.78 is 6.93. The van der Waals surface area contributed by atoms with Crippen molar-refractivity contribution in [2.45, 2.75) is 18.2 Å². The molecule has 0 aliphatic heterocycles. The van der Waals surface area contributed by atoms with Gasteiger partial charge in [-0.1, -0.05) is 41.1 Å². The van der Waals surface area contributed by atoms with Crippen LogP contribution in [0.5, 0.6) is 0 Å². The minimum atomic E-state index is 0.133. The fourth-order valence-corrected chi connectivity index (χ4v) is 2.89. The lowest BCUT2D eigenvalue weighted by Crippen LogP contribution is -1.86. The van der Waals surface area contributed by atoms with Crippen LogP contribution in [0.4, 0.5) is 0 Å². The maximum Gasteiger partial charge on any atom is 0.257 e. The van der Waals surface area contributed by atoms with Crippen molar-refractivity contribution in [2.24, 2.45) is 0 Å². The molecule has 5 heteroatoms. The van der Waals surface area contributed by atoms with E-state index in [1.807, 2.05) is 12.1 Å². The van der Waals surface area contributed by atoms with Crippen molar-refractivity contribution >= 4 is 37.4 Å². The number of alkyl halides is 1. The van der Waals surface area contributed by atoms with Crippen LogP contribution in [0.3, 0.4) is 0 Å². The molecule has 0 saturated heterocycles. The third kappa shape index (κ3) is 2.08. The average molecular weight is 323 g/mol. The minimum Gasteiger partial charge on any atom is -0.419 e. The second-order valence-corrected chi connectivity index (χ2v) is 6.16. The molecule has 1 aromatic carbocycles. The number of thiophene rings is 1. The van der Waals surface area contributed by atoms with Gasteiger partial charge in [-0.15, -0.1) is 21.5 Å². The molecule has 0 spiro atoms. The number of hydrogen-bond acceptors (Lipinski definition) is 4. The first-order valence-electron chi connectivity index (χ1n) is 5.74. The molecule has 0 aliphatic rings. The summed E-state index contributed by atoms with van der Waals surface area (Å²) in [7, 11) is 0. The molecule has 92 valence electrons. The Balaban J connectivity index is 2.01. The van der Waals surface area contributed by atoms with E-state index in [9.17, 15) is 0 Å². The Morgan fingerprint density at radius 3 is 2.94 bits per heavy atom. The van der Waals surface area contributed by atoms with E-state index < -0.39 is 0 Å². The Morgan fingerprint density at radius 1 is 1.33 bits per heavy atom. The van der Waals surface area contributed by atoms with Crippen molar-refractivity contribution in [1.82, 2.24) is 10.2 Å². The number of benzene rings is 1. The molecular weight excluding hydrogens is 312 g/mol. The monoisotopic (exact) mass is 322 g/mol. The lowest BCUT2D eigenvalue weighted by molar-refractivity contribution is 0.501. The van der Waals surface area contributed by atoms with Gasteiger partial charge in [-0.05, 0) is 23.9 Å². The smallest absolute Gasteiger partial charge is 0.257 e. The van der Waals surface area contributed by atoms with Crippen LogP contribution in [0.1, 0.15) is 24.1 Å². The fraction of sp³-hybridized carbons (Fsp3) is 0.231. The molecule has 0 bridgehead atoms. The molecule has 0 saturated carbocycles. The molecule has 3 aromatic rings. The normalized spacial score (nSPS) is 13.0. The van der Waals surface area contributed by atoms with Gasteiger partial charge in [0, 0.05) is 4.70 Å². The highest BCUT2D eigenvalue weighted by Crippen LogP contribution is 2.34. The highest BCUT2D eigenvalue weighted by molar-refractivity contribution is 9.09. The summed E-state index contributed by atoms with van der Waals surface area (Å²) in [4.78, 5) is 1.15. The number of hydrogen-bond donors (Lipinski definition) is 0. The third-order valence-corrected chi connectivity index (χ3v) is 4.85. The quantitative estimate of drug-likeness (QED) is 0.650. The van der Waals surface area contributed by atoms with Gasteiger partial charge in [-0.25, -0.2) is 0 Å². The molecular formula is C13H11BrN2OS. The number of rotatable bonds is 3. The maximum atomic E-state index is 5.69. The SMILES string of the molecule is CCC(Br)c1nnc(-c2cc3ccccc3s2)o1. The van der Waals surface area contributed by atoms with Crippen molar-refractivity contribution in [2.75, 3.05) is 0 Å². The molecule has 2 aromatic heterocycles. The van der Waals surface area contributed by atoms with E-state index in [-0.39, 0.29) is 4.83 Å². The molecule has 0 amide bonds. The molecule has 0 fully saturated rings. The molecule has 0 radical (unpaired) electrons. The second-order valence-electron chi connectivity index (χ2n) is 3.97. The number of nitrogens with zero attached hydrogens (tertiary/aromatic N) is 2. The number of aromatic nitrogens is 2. The zero-order chi connectivity index (χ0) is 12.5. The van der Waals surface area contributed by atoms with Gasteiger partial charge in [0.05, 0.1) is 9.70 Å². The van der Waals surface area contributed by atoms with E-state index in [0.717, 1.165) is 11.3 Å². The Hall–Kier alpha value is -1.20.